The van der Waals surface area contributed by atoms with Crippen LogP contribution in [0.15, 0.2) is 89.6 Å². The number of hydrogen-bond acceptors (Lipinski definition) is 3. The molecule has 29 heavy (non-hydrogen) atoms. The molecule has 0 aliphatic carbocycles. The zero-order valence-electron chi connectivity index (χ0n) is 16.8. The number of para-hydroxylation sites is 1. The average Bonchev–Trinajstić information content (AvgIpc) is 2.74. The van der Waals surface area contributed by atoms with E-state index in [-0.39, 0.29) is 6.04 Å². The lowest BCUT2D eigenvalue weighted by molar-refractivity contribution is 0.394. The van der Waals surface area contributed by atoms with Crippen LogP contribution in [0.1, 0.15) is 29.7 Å². The smallest absolute Gasteiger partial charge is 0.265 e. The van der Waals surface area contributed by atoms with Gasteiger partial charge in [0.15, 0.2) is 0 Å². The van der Waals surface area contributed by atoms with Crippen LogP contribution in [0.3, 0.4) is 0 Å². The number of rotatable bonds is 4. The molecule has 0 saturated heterocycles. The molecule has 0 saturated carbocycles. The van der Waals surface area contributed by atoms with E-state index in [0.717, 1.165) is 22.4 Å². The molecule has 3 aromatic carbocycles. The van der Waals surface area contributed by atoms with Gasteiger partial charge in [-0.1, -0.05) is 60.2 Å². The van der Waals surface area contributed by atoms with Crippen molar-refractivity contribution in [2.75, 3.05) is 11.9 Å². The molecule has 0 N–H and O–H groups in total. The van der Waals surface area contributed by atoms with Gasteiger partial charge in [-0.25, -0.2) is 12.7 Å². The van der Waals surface area contributed by atoms with Crippen molar-refractivity contribution in [3.05, 3.63) is 101 Å². The van der Waals surface area contributed by atoms with E-state index in [1.165, 1.54) is 4.31 Å². The summed E-state index contributed by atoms with van der Waals surface area (Å²) in [5, 5.41) is 0. The summed E-state index contributed by atoms with van der Waals surface area (Å²) in [6, 6.07) is 24.4. The number of nitrogens with zero attached hydrogens (tertiary/aromatic N) is 2. The van der Waals surface area contributed by atoms with Gasteiger partial charge in [-0.3, -0.25) is 0 Å². The molecule has 148 valence electrons. The summed E-state index contributed by atoms with van der Waals surface area (Å²) in [5.74, 6) is 0.628. The van der Waals surface area contributed by atoms with Crippen LogP contribution < -0.4 is 4.90 Å². The molecule has 4 nitrogen and oxygen atoms in total. The molecule has 1 aliphatic rings. The van der Waals surface area contributed by atoms with Gasteiger partial charge in [-0.15, -0.1) is 0 Å². The van der Waals surface area contributed by atoms with Crippen molar-refractivity contribution >= 4 is 21.8 Å². The Morgan fingerprint density at radius 2 is 1.48 bits per heavy atom. The summed E-state index contributed by atoms with van der Waals surface area (Å²) in [7, 11) is -1.85. The molecule has 5 heteroatoms. The second-order valence-corrected chi connectivity index (χ2v) is 9.13. The fourth-order valence-electron chi connectivity index (χ4n) is 3.73. The van der Waals surface area contributed by atoms with Crippen LogP contribution in [0.5, 0.6) is 0 Å². The SMILES string of the molecule is Cc1ccc(S(=O)(=O)N2C(N(C)c3ccccc3)=Cc3ccccc3C2C)cc1. The number of benzene rings is 3. The van der Waals surface area contributed by atoms with Crippen molar-refractivity contribution in [2.45, 2.75) is 24.8 Å². The standard InChI is InChI=1S/C24H24N2O2S/c1-18-13-15-22(16-14-18)29(27,28)26-19(2)23-12-8-7-9-20(23)17-24(26)25(3)21-10-5-4-6-11-21/h4-17,19H,1-3H3. The van der Waals surface area contributed by atoms with Crippen LogP contribution >= 0.6 is 0 Å². The highest BCUT2D eigenvalue weighted by molar-refractivity contribution is 7.89. The predicted molar refractivity (Wildman–Crippen MR) is 118 cm³/mol. The van der Waals surface area contributed by atoms with E-state index >= 15 is 0 Å². The molecule has 0 amide bonds. The van der Waals surface area contributed by atoms with Gasteiger partial charge in [0.05, 0.1) is 10.9 Å². The van der Waals surface area contributed by atoms with Crippen LogP contribution in [0.25, 0.3) is 6.08 Å². The second-order valence-electron chi connectivity index (χ2n) is 7.32. The van der Waals surface area contributed by atoms with E-state index < -0.39 is 10.0 Å². The minimum atomic E-state index is -3.75. The molecule has 1 heterocycles. The van der Waals surface area contributed by atoms with E-state index in [1.54, 1.807) is 12.1 Å². The van der Waals surface area contributed by atoms with Crippen LogP contribution in [0, 0.1) is 6.92 Å². The normalized spacial score (nSPS) is 16.2. The maximum atomic E-state index is 13.7. The molecule has 0 aromatic heterocycles. The Hall–Kier alpha value is -3.05. The molecule has 3 aromatic rings. The quantitative estimate of drug-likeness (QED) is 0.600. The third-order valence-electron chi connectivity index (χ3n) is 5.37. The summed E-state index contributed by atoms with van der Waals surface area (Å²) in [6.07, 6.45) is 1.95. The van der Waals surface area contributed by atoms with E-state index in [2.05, 4.69) is 0 Å². The van der Waals surface area contributed by atoms with Crippen molar-refractivity contribution < 1.29 is 8.42 Å². The minimum Gasteiger partial charge on any atom is -0.330 e. The Labute approximate surface area is 172 Å². The van der Waals surface area contributed by atoms with E-state index in [9.17, 15) is 8.42 Å². The van der Waals surface area contributed by atoms with Crippen LogP contribution in [0.2, 0.25) is 0 Å². The molecule has 1 aliphatic heterocycles. The Kier molecular flexibility index (Phi) is 4.92. The van der Waals surface area contributed by atoms with Gasteiger partial charge in [-0.05, 0) is 55.3 Å². The molecule has 0 spiro atoms. The first-order chi connectivity index (χ1) is 13.9. The summed E-state index contributed by atoms with van der Waals surface area (Å²) in [5.41, 5.74) is 3.98. The fourth-order valence-corrected chi connectivity index (χ4v) is 5.39. The third-order valence-corrected chi connectivity index (χ3v) is 7.26. The van der Waals surface area contributed by atoms with Gasteiger partial charge in [0.1, 0.15) is 5.82 Å². The Morgan fingerprint density at radius 3 is 2.17 bits per heavy atom. The highest BCUT2D eigenvalue weighted by Gasteiger charge is 2.37. The molecule has 1 unspecified atom stereocenters. The van der Waals surface area contributed by atoms with Crippen molar-refractivity contribution in [1.29, 1.82) is 0 Å². The number of anilines is 1. The van der Waals surface area contributed by atoms with Gasteiger partial charge >= 0.3 is 0 Å². The monoisotopic (exact) mass is 404 g/mol. The Balaban J connectivity index is 1.89. The third kappa shape index (κ3) is 3.42. The summed E-state index contributed by atoms with van der Waals surface area (Å²) in [4.78, 5) is 2.22. The van der Waals surface area contributed by atoms with Gasteiger partial charge in [-0.2, -0.15) is 0 Å². The lowest BCUT2D eigenvalue weighted by atomic mass is 9.98. The second kappa shape index (κ2) is 7.41. The zero-order chi connectivity index (χ0) is 20.6. The summed E-state index contributed by atoms with van der Waals surface area (Å²) >= 11 is 0. The molecule has 0 fully saturated rings. The molecule has 0 bridgehead atoms. The Bertz CT molecular complexity index is 1150. The first kappa shape index (κ1) is 19.3. The maximum absolute atomic E-state index is 13.7. The first-order valence-corrected chi connectivity index (χ1v) is 11.0. The molecule has 4 rings (SSSR count). The fraction of sp³-hybridized carbons (Fsp3) is 0.167. The number of aryl methyl sites for hydroxylation is 1. The highest BCUT2D eigenvalue weighted by Crippen LogP contribution is 2.40. The van der Waals surface area contributed by atoms with Gasteiger partial charge in [0, 0.05) is 12.7 Å². The first-order valence-electron chi connectivity index (χ1n) is 9.60. The van der Waals surface area contributed by atoms with Crippen molar-refractivity contribution in [3.8, 4) is 0 Å². The predicted octanol–water partition coefficient (Wildman–Crippen LogP) is 5.20. The van der Waals surface area contributed by atoms with Gasteiger partial charge < -0.3 is 4.90 Å². The minimum absolute atomic E-state index is 0.293. The topological polar surface area (TPSA) is 40.6 Å². The Morgan fingerprint density at radius 1 is 0.862 bits per heavy atom. The van der Waals surface area contributed by atoms with Crippen molar-refractivity contribution in [3.63, 3.8) is 0 Å². The lowest BCUT2D eigenvalue weighted by Crippen LogP contribution is -2.41. The van der Waals surface area contributed by atoms with Crippen molar-refractivity contribution in [2.24, 2.45) is 0 Å². The molecule has 0 radical (unpaired) electrons. The van der Waals surface area contributed by atoms with Crippen molar-refractivity contribution in [1.82, 2.24) is 4.31 Å². The number of fused-ring (bicyclic) bond motifs is 1. The van der Waals surface area contributed by atoms with E-state index in [1.807, 2.05) is 98.6 Å². The van der Waals surface area contributed by atoms with Crippen LogP contribution in [0.4, 0.5) is 5.69 Å². The highest BCUT2D eigenvalue weighted by atomic mass is 32.2. The lowest BCUT2D eigenvalue weighted by Gasteiger charge is -2.40. The number of hydrogen-bond donors (Lipinski definition) is 0. The summed E-state index contributed by atoms with van der Waals surface area (Å²) < 4.78 is 29.0. The average molecular weight is 405 g/mol. The number of sulfonamides is 1. The largest absolute Gasteiger partial charge is 0.330 e. The molecular formula is C24H24N2O2S. The van der Waals surface area contributed by atoms with E-state index in [0.29, 0.717) is 10.7 Å². The molecule has 1 atom stereocenters. The van der Waals surface area contributed by atoms with Crippen LogP contribution in [-0.4, -0.2) is 19.8 Å². The van der Waals surface area contributed by atoms with Gasteiger partial charge in [0.25, 0.3) is 10.0 Å². The maximum Gasteiger partial charge on any atom is 0.265 e. The van der Waals surface area contributed by atoms with Gasteiger partial charge in [0.2, 0.25) is 0 Å². The zero-order valence-corrected chi connectivity index (χ0v) is 17.6. The summed E-state index contributed by atoms with van der Waals surface area (Å²) in [6.45, 7) is 3.89. The molecular weight excluding hydrogens is 380 g/mol. The van der Waals surface area contributed by atoms with E-state index in [4.69, 9.17) is 0 Å². The van der Waals surface area contributed by atoms with Crippen LogP contribution in [-0.2, 0) is 10.0 Å².